The van der Waals surface area contributed by atoms with Gasteiger partial charge in [-0.3, -0.25) is 14.4 Å². The number of nitrogens with one attached hydrogen (secondary N) is 1. The van der Waals surface area contributed by atoms with E-state index in [2.05, 4.69) is 4.98 Å². The molecule has 0 atom stereocenters. The Morgan fingerprint density at radius 2 is 2.00 bits per heavy atom. The van der Waals surface area contributed by atoms with Crippen LogP contribution in [0.4, 0.5) is 0 Å². The molecule has 1 heterocycles. The summed E-state index contributed by atoms with van der Waals surface area (Å²) < 4.78 is 0. The Kier molecular flexibility index (Phi) is 6.14. The van der Waals surface area contributed by atoms with Crippen LogP contribution in [0.1, 0.15) is 43.2 Å². The number of amides is 1. The van der Waals surface area contributed by atoms with E-state index in [0.29, 0.717) is 24.4 Å². The van der Waals surface area contributed by atoms with Gasteiger partial charge in [0.25, 0.3) is 5.91 Å². The topological polar surface area (TPSA) is 90.5 Å². The Morgan fingerprint density at radius 3 is 2.52 bits per heavy atom. The fraction of sp³-hybridized carbons (Fsp3) is 0.533. The second-order valence-corrected chi connectivity index (χ2v) is 5.39. The summed E-state index contributed by atoms with van der Waals surface area (Å²) in [7, 11) is 0. The highest BCUT2D eigenvalue weighted by Gasteiger charge is 2.16. The Labute approximate surface area is 123 Å². The molecule has 6 heteroatoms. The highest BCUT2D eigenvalue weighted by molar-refractivity contribution is 5.94. The molecule has 0 saturated heterocycles. The zero-order chi connectivity index (χ0) is 16.0. The first-order chi connectivity index (χ1) is 9.83. The molecule has 0 unspecified atom stereocenters. The van der Waals surface area contributed by atoms with Gasteiger partial charge in [0.1, 0.15) is 0 Å². The first-order valence-corrected chi connectivity index (χ1v) is 7.07. The fourth-order valence-corrected chi connectivity index (χ4v) is 2.09. The molecule has 0 fully saturated rings. The van der Waals surface area contributed by atoms with E-state index in [1.807, 2.05) is 13.8 Å². The lowest BCUT2D eigenvalue weighted by atomic mass is 10.1. The van der Waals surface area contributed by atoms with Crippen molar-refractivity contribution in [3.8, 4) is 0 Å². The minimum absolute atomic E-state index is 0.110. The van der Waals surface area contributed by atoms with Gasteiger partial charge in [-0.25, -0.2) is 0 Å². The quantitative estimate of drug-likeness (QED) is 0.797. The van der Waals surface area contributed by atoms with Gasteiger partial charge in [-0.15, -0.1) is 0 Å². The number of hydrogen-bond donors (Lipinski definition) is 2. The Hall–Kier alpha value is -2.11. The number of carboxylic acids is 1. The molecule has 0 aliphatic heterocycles. The molecule has 2 N–H and O–H groups in total. The molecule has 0 radical (unpaired) electrons. The maximum atomic E-state index is 12.4. The van der Waals surface area contributed by atoms with Gasteiger partial charge in [-0.2, -0.15) is 0 Å². The molecule has 1 amide bonds. The number of rotatable bonds is 7. The summed E-state index contributed by atoms with van der Waals surface area (Å²) >= 11 is 0. The average Bonchev–Trinajstić information content (AvgIpc) is 2.37. The molecular weight excluding hydrogens is 272 g/mol. The van der Waals surface area contributed by atoms with Crippen LogP contribution in [-0.4, -0.2) is 40.0 Å². The predicted molar refractivity (Wildman–Crippen MR) is 79.4 cm³/mol. The van der Waals surface area contributed by atoms with Gasteiger partial charge in [-0.1, -0.05) is 13.8 Å². The lowest BCUT2D eigenvalue weighted by molar-refractivity contribution is -0.137. The first kappa shape index (κ1) is 16.9. The minimum atomic E-state index is -0.951. The Balaban J connectivity index is 2.96. The van der Waals surface area contributed by atoms with E-state index in [1.165, 1.54) is 11.0 Å². The van der Waals surface area contributed by atoms with Crippen molar-refractivity contribution in [1.82, 2.24) is 9.88 Å². The van der Waals surface area contributed by atoms with Gasteiger partial charge in [-0.05, 0) is 25.3 Å². The highest BCUT2D eigenvalue weighted by atomic mass is 16.4. The highest BCUT2D eigenvalue weighted by Crippen LogP contribution is 2.09. The third-order valence-corrected chi connectivity index (χ3v) is 3.04. The number of nitrogens with zero attached hydrogens (tertiary/aromatic N) is 1. The smallest absolute Gasteiger partial charge is 0.305 e. The van der Waals surface area contributed by atoms with Gasteiger partial charge < -0.3 is 15.0 Å². The maximum absolute atomic E-state index is 12.4. The molecule has 1 aromatic heterocycles. The van der Waals surface area contributed by atoms with E-state index in [-0.39, 0.29) is 24.4 Å². The molecule has 0 aliphatic carbocycles. The number of hydrogen-bond acceptors (Lipinski definition) is 3. The number of pyridine rings is 1. The Morgan fingerprint density at radius 1 is 1.33 bits per heavy atom. The van der Waals surface area contributed by atoms with Crippen LogP contribution in [0.15, 0.2) is 16.9 Å². The van der Waals surface area contributed by atoms with Crippen molar-refractivity contribution in [3.63, 3.8) is 0 Å². The zero-order valence-corrected chi connectivity index (χ0v) is 12.7. The van der Waals surface area contributed by atoms with E-state index >= 15 is 0 Å². The molecule has 0 bridgehead atoms. The van der Waals surface area contributed by atoms with E-state index < -0.39 is 5.97 Å². The van der Waals surface area contributed by atoms with Gasteiger partial charge in [0.15, 0.2) is 0 Å². The molecule has 0 aromatic carbocycles. The summed E-state index contributed by atoms with van der Waals surface area (Å²) in [5, 5.41) is 8.70. The number of aromatic amines is 1. The normalized spacial score (nSPS) is 10.7. The van der Waals surface area contributed by atoms with Crippen molar-refractivity contribution in [2.75, 3.05) is 13.1 Å². The largest absolute Gasteiger partial charge is 0.481 e. The maximum Gasteiger partial charge on any atom is 0.305 e. The van der Waals surface area contributed by atoms with Crippen LogP contribution < -0.4 is 5.56 Å². The molecule has 1 aromatic rings. The van der Waals surface area contributed by atoms with Gasteiger partial charge >= 0.3 is 5.97 Å². The van der Waals surface area contributed by atoms with Crippen LogP contribution in [0.25, 0.3) is 0 Å². The van der Waals surface area contributed by atoms with Crippen molar-refractivity contribution in [2.24, 2.45) is 5.92 Å². The van der Waals surface area contributed by atoms with Gasteiger partial charge in [0, 0.05) is 30.4 Å². The predicted octanol–water partition coefficient (Wildman–Crippen LogP) is 1.51. The lowest BCUT2D eigenvalue weighted by Gasteiger charge is -2.20. The number of carboxylic acid groups (broad SMARTS) is 1. The molecule has 21 heavy (non-hydrogen) atoms. The second kappa shape index (κ2) is 7.61. The van der Waals surface area contributed by atoms with E-state index in [4.69, 9.17) is 5.11 Å². The van der Waals surface area contributed by atoms with Crippen molar-refractivity contribution in [1.29, 1.82) is 0 Å². The van der Waals surface area contributed by atoms with Crippen LogP contribution in [0.3, 0.4) is 0 Å². The molecule has 0 spiro atoms. The summed E-state index contributed by atoms with van der Waals surface area (Å²) in [6.07, 6.45) is 0.569. The molecular formula is C15H22N2O4. The van der Waals surface area contributed by atoms with E-state index in [9.17, 15) is 14.4 Å². The SMILES string of the molecule is CCN(CCC(=O)O)C(=O)c1cc(CC(C)C)[nH]c(=O)c1. The standard InChI is InChI=1S/C15H22N2O4/c1-4-17(6-5-14(19)20)15(21)11-8-12(7-10(2)3)16-13(18)9-11/h8-10H,4-7H2,1-3H3,(H,16,18)(H,19,20). The van der Waals surface area contributed by atoms with Crippen LogP contribution in [0.5, 0.6) is 0 Å². The van der Waals surface area contributed by atoms with Crippen LogP contribution in [-0.2, 0) is 11.2 Å². The number of aliphatic carboxylic acids is 1. The van der Waals surface area contributed by atoms with Gasteiger partial charge in [0.2, 0.25) is 5.56 Å². The lowest BCUT2D eigenvalue weighted by Crippen LogP contribution is -2.33. The molecule has 0 aliphatic rings. The van der Waals surface area contributed by atoms with Gasteiger partial charge in [0.05, 0.1) is 6.42 Å². The third-order valence-electron chi connectivity index (χ3n) is 3.04. The van der Waals surface area contributed by atoms with E-state index in [1.54, 1.807) is 13.0 Å². The average molecular weight is 294 g/mol. The van der Waals surface area contributed by atoms with Crippen LogP contribution in [0.2, 0.25) is 0 Å². The number of H-pyrrole nitrogens is 1. The van der Waals surface area contributed by atoms with Crippen LogP contribution >= 0.6 is 0 Å². The zero-order valence-electron chi connectivity index (χ0n) is 12.7. The second-order valence-electron chi connectivity index (χ2n) is 5.39. The number of carbonyl (C=O) groups excluding carboxylic acids is 1. The molecule has 0 saturated carbocycles. The van der Waals surface area contributed by atoms with Crippen molar-refractivity contribution < 1.29 is 14.7 Å². The number of aromatic nitrogens is 1. The molecule has 116 valence electrons. The minimum Gasteiger partial charge on any atom is -0.481 e. The Bertz CT molecular complexity index is 563. The summed E-state index contributed by atoms with van der Waals surface area (Å²) in [4.78, 5) is 38.8. The van der Waals surface area contributed by atoms with Crippen molar-refractivity contribution in [3.05, 3.63) is 33.7 Å². The van der Waals surface area contributed by atoms with Crippen molar-refractivity contribution >= 4 is 11.9 Å². The summed E-state index contributed by atoms with van der Waals surface area (Å²) in [5.41, 5.74) is 0.711. The first-order valence-electron chi connectivity index (χ1n) is 7.07. The van der Waals surface area contributed by atoms with Crippen molar-refractivity contribution in [2.45, 2.75) is 33.6 Å². The summed E-state index contributed by atoms with van der Waals surface area (Å²) in [5.74, 6) is -0.900. The summed E-state index contributed by atoms with van der Waals surface area (Å²) in [6.45, 7) is 6.37. The third kappa shape index (κ3) is 5.41. The molecule has 1 rings (SSSR count). The summed E-state index contributed by atoms with van der Waals surface area (Å²) in [6, 6.07) is 2.93. The monoisotopic (exact) mass is 294 g/mol. The van der Waals surface area contributed by atoms with Crippen LogP contribution in [0, 0.1) is 5.92 Å². The number of carbonyl (C=O) groups is 2. The molecule has 6 nitrogen and oxygen atoms in total. The fourth-order valence-electron chi connectivity index (χ4n) is 2.09. The van der Waals surface area contributed by atoms with E-state index in [0.717, 1.165) is 5.69 Å².